The van der Waals surface area contributed by atoms with Gasteiger partial charge in [-0.3, -0.25) is 4.79 Å². The van der Waals surface area contributed by atoms with Crippen molar-refractivity contribution in [1.29, 1.82) is 5.26 Å². The third kappa shape index (κ3) is 2.89. The number of nitrogens with zero attached hydrogens (tertiary/aromatic N) is 1. The highest BCUT2D eigenvalue weighted by molar-refractivity contribution is 7.08. The number of amides is 1. The highest BCUT2D eigenvalue weighted by Crippen LogP contribution is 2.18. The maximum Gasteiger partial charge on any atom is 0.253 e. The molecule has 1 heterocycles. The summed E-state index contributed by atoms with van der Waals surface area (Å²) in [5.41, 5.74) is 1.23. The lowest BCUT2D eigenvalue weighted by Crippen LogP contribution is -2.27. The number of hydrogen-bond donors (Lipinski definition) is 1. The molecule has 90 valence electrons. The van der Waals surface area contributed by atoms with Crippen molar-refractivity contribution in [3.8, 4) is 6.07 Å². The zero-order valence-electron chi connectivity index (χ0n) is 9.26. The molecule has 0 aliphatic rings. The summed E-state index contributed by atoms with van der Waals surface area (Å²) in [5.74, 6) is -0.261. The summed E-state index contributed by atoms with van der Waals surface area (Å²) in [4.78, 5) is 11.8. The van der Waals surface area contributed by atoms with Gasteiger partial charge in [-0.15, -0.1) is 0 Å². The number of carbonyl (C=O) groups is 1. The minimum absolute atomic E-state index is 0.261. The Hall–Kier alpha value is -1.83. The summed E-state index contributed by atoms with van der Waals surface area (Å²) in [6.45, 7) is 0. The Labute approximate surface area is 114 Å². The molecule has 0 saturated carbocycles. The summed E-state index contributed by atoms with van der Waals surface area (Å²) < 4.78 is 0. The second-order valence-corrected chi connectivity index (χ2v) is 4.82. The van der Waals surface area contributed by atoms with Crippen LogP contribution in [0.2, 0.25) is 5.02 Å². The number of benzene rings is 1. The van der Waals surface area contributed by atoms with Crippen LogP contribution in [0.15, 0.2) is 41.1 Å². The van der Waals surface area contributed by atoms with E-state index >= 15 is 0 Å². The molecule has 0 bridgehead atoms. The molecule has 1 aromatic heterocycles. The molecule has 0 saturated heterocycles. The molecule has 0 unspecified atom stereocenters. The van der Waals surface area contributed by atoms with E-state index in [4.69, 9.17) is 16.9 Å². The van der Waals surface area contributed by atoms with Gasteiger partial charge in [0.05, 0.1) is 11.6 Å². The van der Waals surface area contributed by atoms with Gasteiger partial charge in [0.15, 0.2) is 0 Å². The summed E-state index contributed by atoms with van der Waals surface area (Å²) >= 11 is 7.30. The zero-order chi connectivity index (χ0) is 13.0. The maximum atomic E-state index is 11.8. The second kappa shape index (κ2) is 5.67. The summed E-state index contributed by atoms with van der Waals surface area (Å²) in [7, 11) is 0. The summed E-state index contributed by atoms with van der Waals surface area (Å²) in [5, 5.41) is 15.9. The Morgan fingerprint density at radius 2 is 2.28 bits per heavy atom. The van der Waals surface area contributed by atoms with Crippen molar-refractivity contribution < 1.29 is 4.79 Å². The molecule has 0 aliphatic carbocycles. The van der Waals surface area contributed by atoms with Crippen LogP contribution in [-0.4, -0.2) is 5.91 Å². The molecule has 1 amide bonds. The number of hydrogen-bond acceptors (Lipinski definition) is 3. The zero-order valence-corrected chi connectivity index (χ0v) is 10.8. The highest BCUT2D eigenvalue weighted by atomic mass is 35.5. The Bertz CT molecular complexity index is 589. The van der Waals surface area contributed by atoms with Gasteiger partial charge in [-0.1, -0.05) is 23.7 Å². The van der Waals surface area contributed by atoms with E-state index in [0.717, 1.165) is 0 Å². The van der Waals surface area contributed by atoms with E-state index in [1.807, 2.05) is 5.38 Å². The molecule has 0 aliphatic heterocycles. The van der Waals surface area contributed by atoms with Gasteiger partial charge in [0, 0.05) is 10.4 Å². The molecule has 0 radical (unpaired) electrons. The first-order valence-electron chi connectivity index (χ1n) is 5.19. The first-order valence-corrected chi connectivity index (χ1v) is 6.51. The maximum absolute atomic E-state index is 11.8. The number of nitrogens with one attached hydrogen (secondary N) is 1. The van der Waals surface area contributed by atoms with Crippen molar-refractivity contribution in [2.24, 2.45) is 0 Å². The van der Waals surface area contributed by atoms with Crippen LogP contribution in [0.3, 0.4) is 0 Å². The lowest BCUT2D eigenvalue weighted by atomic mass is 10.1. The number of carbonyl (C=O) groups excluding carboxylic acids is 1. The van der Waals surface area contributed by atoms with Crippen LogP contribution in [0.25, 0.3) is 0 Å². The fourth-order valence-corrected chi connectivity index (χ4v) is 2.32. The van der Waals surface area contributed by atoms with Gasteiger partial charge in [0.25, 0.3) is 5.91 Å². The predicted octanol–water partition coefficient (Wildman–Crippen LogP) is 3.40. The van der Waals surface area contributed by atoms with E-state index in [0.29, 0.717) is 16.1 Å². The normalized spacial score (nSPS) is 11.6. The van der Waals surface area contributed by atoms with Crippen LogP contribution in [0.4, 0.5) is 0 Å². The Morgan fingerprint density at radius 3 is 2.89 bits per heavy atom. The van der Waals surface area contributed by atoms with Crippen LogP contribution < -0.4 is 5.32 Å². The van der Waals surface area contributed by atoms with Gasteiger partial charge in [0.2, 0.25) is 0 Å². The van der Waals surface area contributed by atoms with Crippen LogP contribution in [0.5, 0.6) is 0 Å². The lowest BCUT2D eigenvalue weighted by molar-refractivity contribution is 0.0945. The van der Waals surface area contributed by atoms with E-state index < -0.39 is 6.04 Å². The number of halogens is 1. The van der Waals surface area contributed by atoms with E-state index in [2.05, 4.69) is 11.4 Å². The molecule has 0 spiro atoms. The Kier molecular flexibility index (Phi) is 3.98. The molecule has 2 aromatic rings. The highest BCUT2D eigenvalue weighted by Gasteiger charge is 2.15. The van der Waals surface area contributed by atoms with Gasteiger partial charge in [-0.05, 0) is 29.1 Å². The third-order valence-corrected chi connectivity index (χ3v) is 3.29. The van der Waals surface area contributed by atoms with Gasteiger partial charge in [-0.25, -0.2) is 0 Å². The van der Waals surface area contributed by atoms with Gasteiger partial charge >= 0.3 is 0 Å². The molecular weight excluding hydrogens is 268 g/mol. The fraction of sp³-hybridized carbons (Fsp3) is 0.0769. The van der Waals surface area contributed by atoms with E-state index in [1.165, 1.54) is 11.3 Å². The molecule has 3 nitrogen and oxygen atoms in total. The van der Waals surface area contributed by atoms with Crippen LogP contribution in [0, 0.1) is 11.3 Å². The van der Waals surface area contributed by atoms with Gasteiger partial charge in [-0.2, -0.15) is 16.6 Å². The summed E-state index contributed by atoms with van der Waals surface area (Å²) in [6.07, 6.45) is 0. The second-order valence-electron chi connectivity index (χ2n) is 3.60. The molecule has 5 heteroatoms. The smallest absolute Gasteiger partial charge is 0.253 e. The Morgan fingerprint density at radius 1 is 1.44 bits per heavy atom. The molecule has 1 atom stereocenters. The topological polar surface area (TPSA) is 52.9 Å². The first kappa shape index (κ1) is 12.6. The van der Waals surface area contributed by atoms with Crippen LogP contribution in [0.1, 0.15) is 22.0 Å². The number of thiophene rings is 1. The van der Waals surface area contributed by atoms with Crippen molar-refractivity contribution in [3.05, 3.63) is 57.2 Å². The molecule has 18 heavy (non-hydrogen) atoms. The monoisotopic (exact) mass is 276 g/mol. The standard InChI is InChI=1S/C13H9ClN2OS/c14-11-3-1-2-9(6-11)12(7-15)16-13(17)10-4-5-18-8-10/h1-6,8,12H,(H,16,17)/t12-/m0/s1. The summed E-state index contributed by atoms with van der Waals surface area (Å²) in [6, 6.07) is 9.97. The number of rotatable bonds is 3. The largest absolute Gasteiger partial charge is 0.332 e. The first-order chi connectivity index (χ1) is 8.70. The molecule has 2 rings (SSSR count). The van der Waals surface area contributed by atoms with E-state index in [-0.39, 0.29) is 5.91 Å². The SMILES string of the molecule is N#C[C@H](NC(=O)c1ccsc1)c1cccc(Cl)c1. The molecule has 1 aromatic carbocycles. The van der Waals surface area contributed by atoms with Crippen molar-refractivity contribution >= 4 is 28.8 Å². The van der Waals surface area contributed by atoms with E-state index in [1.54, 1.807) is 35.7 Å². The number of nitriles is 1. The van der Waals surface area contributed by atoms with Crippen molar-refractivity contribution in [2.75, 3.05) is 0 Å². The quantitative estimate of drug-likeness (QED) is 0.934. The minimum Gasteiger partial charge on any atom is -0.332 e. The Balaban J connectivity index is 2.16. The average Bonchev–Trinajstić information content (AvgIpc) is 2.89. The van der Waals surface area contributed by atoms with Crippen molar-refractivity contribution in [3.63, 3.8) is 0 Å². The van der Waals surface area contributed by atoms with Crippen molar-refractivity contribution in [1.82, 2.24) is 5.32 Å². The van der Waals surface area contributed by atoms with Crippen LogP contribution >= 0.6 is 22.9 Å². The third-order valence-electron chi connectivity index (χ3n) is 2.37. The average molecular weight is 277 g/mol. The van der Waals surface area contributed by atoms with E-state index in [9.17, 15) is 4.79 Å². The molecular formula is C13H9ClN2OS. The van der Waals surface area contributed by atoms with Crippen molar-refractivity contribution in [2.45, 2.75) is 6.04 Å². The van der Waals surface area contributed by atoms with Gasteiger partial charge in [0.1, 0.15) is 6.04 Å². The predicted molar refractivity (Wildman–Crippen MR) is 71.6 cm³/mol. The molecule has 1 N–H and O–H groups in total. The molecule has 0 fully saturated rings. The van der Waals surface area contributed by atoms with Gasteiger partial charge < -0.3 is 5.32 Å². The minimum atomic E-state index is -0.698. The fourth-order valence-electron chi connectivity index (χ4n) is 1.48. The lowest BCUT2D eigenvalue weighted by Gasteiger charge is -2.11. The van der Waals surface area contributed by atoms with Crippen LogP contribution in [-0.2, 0) is 0 Å².